The minimum atomic E-state index is -4.19. The monoisotopic (exact) mass is 605 g/mol. The predicted molar refractivity (Wildman–Crippen MR) is 158 cm³/mol. The number of ether oxygens (including phenoxy) is 1. The third-order valence-corrected chi connectivity index (χ3v) is 8.53. The zero-order valence-electron chi connectivity index (χ0n) is 22.8. The van der Waals surface area contributed by atoms with Crippen molar-refractivity contribution in [1.29, 1.82) is 0 Å². The van der Waals surface area contributed by atoms with E-state index in [0.717, 1.165) is 4.31 Å². The molecule has 0 aliphatic heterocycles. The van der Waals surface area contributed by atoms with Crippen LogP contribution < -0.4 is 14.4 Å². The van der Waals surface area contributed by atoms with Crippen molar-refractivity contribution in [1.82, 2.24) is 10.2 Å². The summed E-state index contributed by atoms with van der Waals surface area (Å²) in [7, 11) is -4.19. The number of anilines is 1. The second-order valence-electron chi connectivity index (χ2n) is 9.31. The van der Waals surface area contributed by atoms with Crippen LogP contribution in [0.4, 0.5) is 5.69 Å². The van der Waals surface area contributed by atoms with E-state index in [9.17, 15) is 18.0 Å². The molecule has 1 atom stereocenters. The molecule has 3 aromatic carbocycles. The smallest absolute Gasteiger partial charge is 0.264 e. The standard InChI is InChI=1S/C29H33Cl2N3O5S/c1-5-39-23-14-16-24(17-15-23)40(37,38)34(22-10-7-6-8-11-22)19-28(35)33(21(4)29(36)32-20(2)3)18-25-26(30)12-9-13-27(25)31/h6-17,20-21H,5,18-19H2,1-4H3,(H,32,36)/t21-/m1/s1. The van der Waals surface area contributed by atoms with E-state index < -0.39 is 34.4 Å². The molecular weight excluding hydrogens is 573 g/mol. The second kappa shape index (κ2) is 13.9. The lowest BCUT2D eigenvalue weighted by molar-refractivity contribution is -0.139. The molecule has 0 unspecified atom stereocenters. The van der Waals surface area contributed by atoms with Gasteiger partial charge in [0.25, 0.3) is 10.0 Å². The fraction of sp³-hybridized carbons (Fsp3) is 0.310. The summed E-state index contributed by atoms with van der Waals surface area (Å²) >= 11 is 12.8. The number of halogens is 2. The summed E-state index contributed by atoms with van der Waals surface area (Å²) in [6.07, 6.45) is 0. The number of para-hydroxylation sites is 1. The van der Waals surface area contributed by atoms with Crippen LogP contribution in [-0.4, -0.2) is 50.4 Å². The van der Waals surface area contributed by atoms with Crippen molar-refractivity contribution in [3.05, 3.63) is 88.4 Å². The summed E-state index contributed by atoms with van der Waals surface area (Å²) < 4.78 is 34.2. The summed E-state index contributed by atoms with van der Waals surface area (Å²) in [5.41, 5.74) is 0.740. The number of carbonyl (C=O) groups excluding carboxylic acids is 2. The highest BCUT2D eigenvalue weighted by Gasteiger charge is 2.33. The summed E-state index contributed by atoms with van der Waals surface area (Å²) in [6.45, 7) is 6.79. The van der Waals surface area contributed by atoms with Crippen LogP contribution >= 0.6 is 23.2 Å². The number of nitrogens with one attached hydrogen (secondary N) is 1. The minimum absolute atomic E-state index is 0.0149. The number of nitrogens with zero attached hydrogens (tertiary/aromatic N) is 2. The second-order valence-corrected chi connectivity index (χ2v) is 12.0. The van der Waals surface area contributed by atoms with Gasteiger partial charge in [-0.05, 0) is 76.2 Å². The van der Waals surface area contributed by atoms with Gasteiger partial charge in [0.2, 0.25) is 11.8 Å². The van der Waals surface area contributed by atoms with Gasteiger partial charge in [0, 0.05) is 28.2 Å². The van der Waals surface area contributed by atoms with Crippen molar-refractivity contribution in [3.8, 4) is 5.75 Å². The van der Waals surface area contributed by atoms with Crippen LogP contribution in [0.25, 0.3) is 0 Å². The van der Waals surface area contributed by atoms with Gasteiger partial charge in [-0.15, -0.1) is 0 Å². The third-order valence-electron chi connectivity index (χ3n) is 6.03. The van der Waals surface area contributed by atoms with E-state index in [4.69, 9.17) is 27.9 Å². The van der Waals surface area contributed by atoms with Gasteiger partial charge >= 0.3 is 0 Å². The molecule has 0 heterocycles. The van der Waals surface area contributed by atoms with Gasteiger partial charge in [0.05, 0.1) is 17.2 Å². The Morgan fingerprint density at radius 3 is 2.05 bits per heavy atom. The first kappa shape index (κ1) is 31.3. The molecule has 2 amide bonds. The molecule has 0 aliphatic carbocycles. The molecule has 0 radical (unpaired) electrons. The first-order valence-electron chi connectivity index (χ1n) is 12.8. The van der Waals surface area contributed by atoms with Crippen LogP contribution in [0.5, 0.6) is 5.75 Å². The third kappa shape index (κ3) is 7.68. The predicted octanol–water partition coefficient (Wildman–Crippen LogP) is 5.53. The maximum absolute atomic E-state index is 13.9. The topological polar surface area (TPSA) is 96.0 Å². The highest BCUT2D eigenvalue weighted by Crippen LogP contribution is 2.28. The molecule has 8 nitrogen and oxygen atoms in total. The number of amides is 2. The average Bonchev–Trinajstić information content (AvgIpc) is 2.91. The Bertz CT molecular complexity index is 1400. The molecule has 40 heavy (non-hydrogen) atoms. The van der Waals surface area contributed by atoms with Gasteiger partial charge in [0.1, 0.15) is 18.3 Å². The Hall–Kier alpha value is -3.27. The van der Waals surface area contributed by atoms with Gasteiger partial charge in [-0.25, -0.2) is 8.42 Å². The molecule has 11 heteroatoms. The molecule has 0 fully saturated rings. The number of sulfonamides is 1. The van der Waals surface area contributed by atoms with Crippen LogP contribution in [0, 0.1) is 0 Å². The molecule has 0 aliphatic rings. The van der Waals surface area contributed by atoms with Crippen molar-refractivity contribution < 1.29 is 22.7 Å². The average molecular weight is 607 g/mol. The Morgan fingerprint density at radius 2 is 1.50 bits per heavy atom. The van der Waals surface area contributed by atoms with Crippen LogP contribution in [0.2, 0.25) is 10.0 Å². The van der Waals surface area contributed by atoms with Crippen LogP contribution in [0.1, 0.15) is 33.3 Å². The quantitative estimate of drug-likeness (QED) is 0.293. The zero-order valence-corrected chi connectivity index (χ0v) is 25.1. The SMILES string of the molecule is CCOc1ccc(S(=O)(=O)N(CC(=O)N(Cc2c(Cl)cccc2Cl)[C@H](C)C(=O)NC(C)C)c2ccccc2)cc1. The van der Waals surface area contributed by atoms with E-state index in [1.165, 1.54) is 17.0 Å². The van der Waals surface area contributed by atoms with Gasteiger partial charge in [0.15, 0.2) is 0 Å². The fourth-order valence-electron chi connectivity index (χ4n) is 3.97. The van der Waals surface area contributed by atoms with E-state index in [-0.39, 0.29) is 17.5 Å². The van der Waals surface area contributed by atoms with E-state index in [1.54, 1.807) is 67.6 Å². The minimum Gasteiger partial charge on any atom is -0.494 e. The molecule has 0 spiro atoms. The summed E-state index contributed by atoms with van der Waals surface area (Å²) in [6, 6.07) is 18.1. The van der Waals surface area contributed by atoms with E-state index in [2.05, 4.69) is 5.32 Å². The number of benzene rings is 3. The normalized spacial score (nSPS) is 12.1. The highest BCUT2D eigenvalue weighted by atomic mass is 35.5. The Labute approximate surface area is 245 Å². The van der Waals surface area contributed by atoms with E-state index in [0.29, 0.717) is 33.7 Å². The molecular formula is C29H33Cl2N3O5S. The Kier molecular flexibility index (Phi) is 10.8. The molecule has 0 saturated carbocycles. The molecule has 1 N–H and O–H groups in total. The Balaban J connectivity index is 2.03. The van der Waals surface area contributed by atoms with Crippen molar-refractivity contribution >= 4 is 50.7 Å². The molecule has 3 aromatic rings. The van der Waals surface area contributed by atoms with Crippen molar-refractivity contribution in [3.63, 3.8) is 0 Å². The van der Waals surface area contributed by atoms with Gasteiger partial charge in [-0.1, -0.05) is 47.5 Å². The molecule has 214 valence electrons. The lowest BCUT2D eigenvalue weighted by Crippen LogP contribution is -2.52. The van der Waals surface area contributed by atoms with E-state index >= 15 is 0 Å². The number of hydrogen-bond donors (Lipinski definition) is 1. The Morgan fingerprint density at radius 1 is 0.900 bits per heavy atom. The van der Waals surface area contributed by atoms with Crippen molar-refractivity contribution in [2.45, 2.75) is 51.2 Å². The maximum Gasteiger partial charge on any atom is 0.264 e. The number of carbonyl (C=O) groups is 2. The summed E-state index contributed by atoms with van der Waals surface area (Å²) in [5, 5.41) is 3.45. The van der Waals surface area contributed by atoms with Gasteiger partial charge < -0.3 is 15.0 Å². The maximum atomic E-state index is 13.9. The van der Waals surface area contributed by atoms with Crippen LogP contribution in [0.3, 0.4) is 0 Å². The van der Waals surface area contributed by atoms with Crippen LogP contribution in [-0.2, 0) is 26.2 Å². The lowest BCUT2D eigenvalue weighted by atomic mass is 10.1. The van der Waals surface area contributed by atoms with Crippen molar-refractivity contribution in [2.24, 2.45) is 0 Å². The highest BCUT2D eigenvalue weighted by molar-refractivity contribution is 7.92. The van der Waals surface area contributed by atoms with E-state index in [1.807, 2.05) is 20.8 Å². The fourth-order valence-corrected chi connectivity index (χ4v) is 5.90. The van der Waals surface area contributed by atoms with Gasteiger partial charge in [-0.2, -0.15) is 0 Å². The van der Waals surface area contributed by atoms with Gasteiger partial charge in [-0.3, -0.25) is 13.9 Å². The lowest BCUT2D eigenvalue weighted by Gasteiger charge is -2.32. The molecule has 0 saturated heterocycles. The summed E-state index contributed by atoms with van der Waals surface area (Å²) in [4.78, 5) is 28.2. The first-order chi connectivity index (χ1) is 18.9. The van der Waals surface area contributed by atoms with Crippen LogP contribution in [0.15, 0.2) is 77.7 Å². The largest absolute Gasteiger partial charge is 0.494 e. The number of hydrogen-bond acceptors (Lipinski definition) is 5. The summed E-state index contributed by atoms with van der Waals surface area (Å²) in [5.74, 6) is -0.482. The molecule has 0 bridgehead atoms. The first-order valence-corrected chi connectivity index (χ1v) is 15.0. The number of rotatable bonds is 12. The van der Waals surface area contributed by atoms with Crippen molar-refractivity contribution in [2.75, 3.05) is 17.5 Å². The molecule has 0 aromatic heterocycles. The molecule has 3 rings (SSSR count). The zero-order chi connectivity index (χ0) is 29.4.